The maximum Gasteiger partial charge on any atom is -0.0152 e. The Bertz CT molecular complexity index is 295. The van der Waals surface area contributed by atoms with E-state index >= 15 is 0 Å². The van der Waals surface area contributed by atoms with Crippen molar-refractivity contribution in [2.75, 3.05) is 0 Å². The van der Waals surface area contributed by atoms with Crippen LogP contribution >= 0.6 is 0 Å². The quantitative estimate of drug-likeness (QED) is 0.607. The maximum absolute atomic E-state index is 2.23. The van der Waals surface area contributed by atoms with Gasteiger partial charge in [-0.3, -0.25) is 0 Å². The lowest BCUT2D eigenvalue weighted by atomic mass is 9.91. The van der Waals surface area contributed by atoms with Crippen LogP contribution in [-0.4, -0.2) is 0 Å². The molecule has 0 spiro atoms. The fourth-order valence-electron chi connectivity index (χ4n) is 1.55. The third-order valence-electron chi connectivity index (χ3n) is 2.18. The summed E-state index contributed by atoms with van der Waals surface area (Å²) in [5.41, 5.74) is 4.39. The lowest BCUT2D eigenvalue weighted by molar-refractivity contribution is 0.918. The predicted molar refractivity (Wildman–Crippen MR) is 49.4 cm³/mol. The summed E-state index contributed by atoms with van der Waals surface area (Å²) in [5.74, 6) is 0. The molecule has 56 valence electrons. The minimum atomic E-state index is 1.22. The van der Waals surface area contributed by atoms with Crippen LogP contribution in [0.4, 0.5) is 0 Å². The Morgan fingerprint density at radius 2 is 2.09 bits per heavy atom. The number of hydrogen-bond donors (Lipinski definition) is 0. The second-order valence-corrected chi connectivity index (χ2v) is 3.00. The van der Waals surface area contributed by atoms with Crippen LogP contribution in [0.1, 0.15) is 30.0 Å². The van der Waals surface area contributed by atoms with E-state index in [1.807, 2.05) is 0 Å². The normalized spacial score (nSPS) is 12.5. The third kappa shape index (κ3) is 0.988. The van der Waals surface area contributed by atoms with Crippen LogP contribution in [-0.2, 0) is 6.42 Å². The van der Waals surface area contributed by atoms with Crippen LogP contribution in [0.3, 0.4) is 0 Å². The SMILES string of the molecule is CCCc1cccc2c1C=C2. The number of aryl methyl sites for hydroxylation is 1. The van der Waals surface area contributed by atoms with Crippen molar-refractivity contribution in [3.05, 3.63) is 34.9 Å². The molecule has 0 amide bonds. The van der Waals surface area contributed by atoms with Crippen molar-refractivity contribution < 1.29 is 0 Å². The summed E-state index contributed by atoms with van der Waals surface area (Å²) in [7, 11) is 0. The van der Waals surface area contributed by atoms with Crippen LogP contribution in [0, 0.1) is 0 Å². The van der Waals surface area contributed by atoms with E-state index in [0.29, 0.717) is 0 Å². The molecule has 11 heavy (non-hydrogen) atoms. The topological polar surface area (TPSA) is 0 Å². The van der Waals surface area contributed by atoms with E-state index in [0.717, 1.165) is 0 Å². The van der Waals surface area contributed by atoms with Gasteiger partial charge in [-0.15, -0.1) is 0 Å². The monoisotopic (exact) mass is 144 g/mol. The molecule has 1 aromatic rings. The van der Waals surface area contributed by atoms with Gasteiger partial charge in [-0.1, -0.05) is 43.7 Å². The number of fused-ring (bicyclic) bond motifs is 1. The van der Waals surface area contributed by atoms with Gasteiger partial charge in [-0.25, -0.2) is 0 Å². The van der Waals surface area contributed by atoms with E-state index in [-0.39, 0.29) is 0 Å². The van der Waals surface area contributed by atoms with Crippen LogP contribution < -0.4 is 0 Å². The smallest absolute Gasteiger partial charge is 0.0152 e. The Kier molecular flexibility index (Phi) is 1.54. The second-order valence-electron chi connectivity index (χ2n) is 3.00. The molecule has 0 heteroatoms. The first-order valence-electron chi connectivity index (χ1n) is 4.22. The summed E-state index contributed by atoms with van der Waals surface area (Å²) >= 11 is 0. The summed E-state index contributed by atoms with van der Waals surface area (Å²) in [4.78, 5) is 0. The highest BCUT2D eigenvalue weighted by Gasteiger charge is 2.08. The molecule has 0 aliphatic heterocycles. The molecule has 1 aliphatic carbocycles. The molecule has 1 aromatic carbocycles. The molecule has 0 nitrogen and oxygen atoms in total. The zero-order valence-corrected chi connectivity index (χ0v) is 6.80. The zero-order valence-electron chi connectivity index (χ0n) is 6.80. The molecular formula is C11H12. The standard InChI is InChI=1S/C11H12/c1-2-4-9-5-3-6-10-7-8-11(9)10/h3,5-8H,2,4H2,1H3. The molecular weight excluding hydrogens is 132 g/mol. The summed E-state index contributed by atoms with van der Waals surface area (Å²) in [5, 5.41) is 0. The Labute approximate surface area is 67.6 Å². The van der Waals surface area contributed by atoms with E-state index in [9.17, 15) is 0 Å². The number of rotatable bonds is 2. The van der Waals surface area contributed by atoms with E-state index in [2.05, 4.69) is 37.3 Å². The highest BCUT2D eigenvalue weighted by atomic mass is 14.1. The van der Waals surface area contributed by atoms with Gasteiger partial charge >= 0.3 is 0 Å². The first-order chi connectivity index (χ1) is 5.42. The van der Waals surface area contributed by atoms with E-state index in [1.165, 1.54) is 29.5 Å². The van der Waals surface area contributed by atoms with Gasteiger partial charge in [0.1, 0.15) is 0 Å². The van der Waals surface area contributed by atoms with Gasteiger partial charge in [0.15, 0.2) is 0 Å². The van der Waals surface area contributed by atoms with Crippen molar-refractivity contribution in [3.63, 3.8) is 0 Å². The minimum absolute atomic E-state index is 1.22. The molecule has 0 unspecified atom stereocenters. The molecule has 0 heterocycles. The molecule has 0 saturated carbocycles. The van der Waals surface area contributed by atoms with Crippen molar-refractivity contribution in [2.24, 2.45) is 0 Å². The Morgan fingerprint density at radius 3 is 2.73 bits per heavy atom. The fraction of sp³-hybridized carbons (Fsp3) is 0.273. The first kappa shape index (κ1) is 6.66. The highest BCUT2D eigenvalue weighted by molar-refractivity contribution is 5.87. The first-order valence-corrected chi connectivity index (χ1v) is 4.22. The van der Waals surface area contributed by atoms with Gasteiger partial charge in [0, 0.05) is 0 Å². The van der Waals surface area contributed by atoms with Crippen LogP contribution in [0.25, 0.3) is 12.2 Å². The van der Waals surface area contributed by atoms with Gasteiger partial charge in [0.05, 0.1) is 0 Å². The predicted octanol–water partition coefficient (Wildman–Crippen LogP) is 3.12. The molecule has 0 aromatic heterocycles. The lowest BCUT2D eigenvalue weighted by Gasteiger charge is -2.14. The lowest BCUT2D eigenvalue weighted by Crippen LogP contribution is -1.96. The van der Waals surface area contributed by atoms with Crippen LogP contribution in [0.15, 0.2) is 18.2 Å². The molecule has 2 rings (SSSR count). The summed E-state index contributed by atoms with van der Waals surface area (Å²) in [6, 6.07) is 6.55. The van der Waals surface area contributed by atoms with Gasteiger partial charge in [-0.2, -0.15) is 0 Å². The molecule has 0 saturated heterocycles. The second kappa shape index (κ2) is 2.54. The van der Waals surface area contributed by atoms with Crippen molar-refractivity contribution in [1.29, 1.82) is 0 Å². The fourth-order valence-corrected chi connectivity index (χ4v) is 1.55. The number of benzene rings is 1. The van der Waals surface area contributed by atoms with Crippen molar-refractivity contribution in [2.45, 2.75) is 19.8 Å². The maximum atomic E-state index is 2.23. The summed E-state index contributed by atoms with van der Waals surface area (Å²) in [6.45, 7) is 2.22. The van der Waals surface area contributed by atoms with E-state index < -0.39 is 0 Å². The average molecular weight is 144 g/mol. The Balaban J connectivity index is 2.36. The largest absolute Gasteiger partial charge is 0.0651 e. The molecule has 0 radical (unpaired) electrons. The molecule has 0 bridgehead atoms. The van der Waals surface area contributed by atoms with Gasteiger partial charge in [0.2, 0.25) is 0 Å². The molecule has 1 aliphatic rings. The van der Waals surface area contributed by atoms with Crippen molar-refractivity contribution >= 4 is 12.2 Å². The van der Waals surface area contributed by atoms with Crippen LogP contribution in [0.2, 0.25) is 0 Å². The van der Waals surface area contributed by atoms with Crippen molar-refractivity contribution in [3.8, 4) is 0 Å². The molecule has 0 N–H and O–H groups in total. The summed E-state index contributed by atoms with van der Waals surface area (Å²) < 4.78 is 0. The Morgan fingerprint density at radius 1 is 1.18 bits per heavy atom. The van der Waals surface area contributed by atoms with Gasteiger partial charge < -0.3 is 0 Å². The number of hydrogen-bond acceptors (Lipinski definition) is 0. The average Bonchev–Trinajstić information content (AvgIpc) is 1.94. The molecule has 0 fully saturated rings. The van der Waals surface area contributed by atoms with E-state index in [4.69, 9.17) is 0 Å². The minimum Gasteiger partial charge on any atom is -0.0651 e. The van der Waals surface area contributed by atoms with Crippen molar-refractivity contribution in [1.82, 2.24) is 0 Å². The third-order valence-corrected chi connectivity index (χ3v) is 2.18. The van der Waals surface area contributed by atoms with Gasteiger partial charge in [0.25, 0.3) is 0 Å². The zero-order chi connectivity index (χ0) is 7.68. The molecule has 0 atom stereocenters. The summed E-state index contributed by atoms with van der Waals surface area (Å²) in [6.07, 6.45) is 6.84. The Hall–Kier alpha value is -1.04. The highest BCUT2D eigenvalue weighted by Crippen LogP contribution is 2.27. The van der Waals surface area contributed by atoms with Crippen LogP contribution in [0.5, 0.6) is 0 Å². The van der Waals surface area contributed by atoms with E-state index in [1.54, 1.807) is 0 Å². The van der Waals surface area contributed by atoms with Gasteiger partial charge in [-0.05, 0) is 23.1 Å².